The molecule has 54 valence electrons. The van der Waals surface area contributed by atoms with Crippen molar-refractivity contribution in [2.45, 2.75) is 39.5 Å². The van der Waals surface area contributed by atoms with Crippen LogP contribution in [-0.4, -0.2) is 6.15 Å². The minimum Gasteiger partial charge on any atom is -0.186 e. The van der Waals surface area contributed by atoms with Crippen LogP contribution < -0.4 is 0 Å². The van der Waals surface area contributed by atoms with Gasteiger partial charge in [-0.3, -0.25) is 0 Å². The van der Waals surface area contributed by atoms with E-state index in [0.717, 1.165) is 0 Å². The molecule has 0 fully saturated rings. The molecule has 0 saturated carbocycles. The highest BCUT2D eigenvalue weighted by Gasteiger charge is 1.75. The zero-order valence-electron chi connectivity index (χ0n) is 6.14. The lowest BCUT2D eigenvalue weighted by Gasteiger charge is -1.86. The van der Waals surface area contributed by atoms with Crippen LogP contribution in [0.1, 0.15) is 39.5 Å². The van der Waals surface area contributed by atoms with Crippen LogP contribution in [0.25, 0.3) is 0 Å². The van der Waals surface area contributed by atoms with Crippen molar-refractivity contribution in [3.8, 4) is 0 Å². The first-order valence-corrected chi connectivity index (χ1v) is 3.32. The molecule has 0 aliphatic rings. The summed E-state index contributed by atoms with van der Waals surface area (Å²) in [6, 6.07) is 0. The van der Waals surface area contributed by atoms with E-state index in [2.05, 4.69) is 13.8 Å². The predicted molar refractivity (Wildman–Crippen MR) is 34.8 cm³/mol. The lowest BCUT2D eigenvalue weighted by Crippen LogP contribution is -1.66. The Hall–Kier alpha value is -0.620. The van der Waals surface area contributed by atoms with Crippen molar-refractivity contribution in [2.75, 3.05) is 0 Å². The molecule has 0 aromatic heterocycles. The Morgan fingerprint density at radius 3 is 1.33 bits per heavy atom. The summed E-state index contributed by atoms with van der Waals surface area (Å²) < 4.78 is 0. The standard InChI is InChI=1S/C6H14.CO2/c1-3-5-6-4-2;2-1-3/h3-6H2,1-2H3;. The molecule has 0 saturated heterocycles. The minimum absolute atomic E-state index is 0.250. The second-order valence-electron chi connectivity index (χ2n) is 1.79. The monoisotopic (exact) mass is 130 g/mol. The smallest absolute Gasteiger partial charge is 0.186 e. The topological polar surface area (TPSA) is 34.1 Å². The molecule has 0 aliphatic heterocycles. The van der Waals surface area contributed by atoms with E-state index in [4.69, 9.17) is 9.59 Å². The normalized spacial score (nSPS) is 6.89. The number of hydrogen-bond acceptors (Lipinski definition) is 2. The summed E-state index contributed by atoms with van der Waals surface area (Å²) >= 11 is 0. The molecule has 0 radical (unpaired) electrons. The zero-order valence-corrected chi connectivity index (χ0v) is 6.14. The third-order valence-corrected chi connectivity index (χ3v) is 0.957. The molecule has 2 heteroatoms. The summed E-state index contributed by atoms with van der Waals surface area (Å²) in [7, 11) is 0. The van der Waals surface area contributed by atoms with E-state index in [1.54, 1.807) is 0 Å². The number of unbranched alkanes of at least 4 members (excludes halogenated alkanes) is 3. The first-order valence-electron chi connectivity index (χ1n) is 3.32. The molecule has 2 nitrogen and oxygen atoms in total. The first kappa shape index (κ1) is 11.2. The van der Waals surface area contributed by atoms with Crippen molar-refractivity contribution in [1.82, 2.24) is 0 Å². The Bertz CT molecular complexity index is 59.3. The van der Waals surface area contributed by atoms with E-state index >= 15 is 0 Å². The van der Waals surface area contributed by atoms with Gasteiger partial charge in [-0.25, -0.2) is 0 Å². The zero-order chi connectivity index (χ0) is 7.54. The van der Waals surface area contributed by atoms with E-state index in [-0.39, 0.29) is 6.15 Å². The van der Waals surface area contributed by atoms with Gasteiger partial charge in [-0.05, 0) is 0 Å². The Morgan fingerprint density at radius 2 is 1.22 bits per heavy atom. The van der Waals surface area contributed by atoms with Gasteiger partial charge in [0.25, 0.3) is 0 Å². The summed E-state index contributed by atoms with van der Waals surface area (Å²) in [4.78, 5) is 16.2. The SMILES string of the molecule is CCCCCC.O=C=O. The Kier molecular flexibility index (Phi) is 19.5. The van der Waals surface area contributed by atoms with E-state index in [0.29, 0.717) is 0 Å². The molecule has 0 spiro atoms. The van der Waals surface area contributed by atoms with Gasteiger partial charge in [0.05, 0.1) is 0 Å². The summed E-state index contributed by atoms with van der Waals surface area (Å²) in [5.74, 6) is 0. The van der Waals surface area contributed by atoms with Gasteiger partial charge in [0.15, 0.2) is 0 Å². The van der Waals surface area contributed by atoms with Gasteiger partial charge in [0, 0.05) is 0 Å². The van der Waals surface area contributed by atoms with Crippen LogP contribution in [0.15, 0.2) is 0 Å². The van der Waals surface area contributed by atoms with Gasteiger partial charge in [0.2, 0.25) is 0 Å². The number of carbonyl (C=O) groups excluding carboxylic acids is 2. The van der Waals surface area contributed by atoms with Crippen LogP contribution in [0.3, 0.4) is 0 Å². The summed E-state index contributed by atoms with van der Waals surface area (Å²) in [6.45, 7) is 4.46. The fourth-order valence-corrected chi connectivity index (χ4v) is 0.500. The van der Waals surface area contributed by atoms with Crippen LogP contribution >= 0.6 is 0 Å². The van der Waals surface area contributed by atoms with Crippen LogP contribution in [-0.2, 0) is 9.59 Å². The second-order valence-corrected chi connectivity index (χ2v) is 1.79. The van der Waals surface area contributed by atoms with Gasteiger partial charge in [0.1, 0.15) is 0 Å². The number of hydrogen-bond donors (Lipinski definition) is 0. The third-order valence-electron chi connectivity index (χ3n) is 0.957. The van der Waals surface area contributed by atoms with Crippen molar-refractivity contribution in [3.05, 3.63) is 0 Å². The molecule has 0 aromatic carbocycles. The lowest BCUT2D eigenvalue weighted by molar-refractivity contribution is -0.191. The third kappa shape index (κ3) is 37.7. The molecule has 0 aromatic rings. The van der Waals surface area contributed by atoms with Crippen molar-refractivity contribution < 1.29 is 9.59 Å². The van der Waals surface area contributed by atoms with Gasteiger partial charge < -0.3 is 0 Å². The van der Waals surface area contributed by atoms with Crippen molar-refractivity contribution in [1.29, 1.82) is 0 Å². The maximum absolute atomic E-state index is 8.12. The fourth-order valence-electron chi connectivity index (χ4n) is 0.500. The molecule has 0 amide bonds. The van der Waals surface area contributed by atoms with Gasteiger partial charge >= 0.3 is 6.15 Å². The maximum atomic E-state index is 8.12. The summed E-state index contributed by atoms with van der Waals surface area (Å²) in [5, 5.41) is 0. The van der Waals surface area contributed by atoms with Crippen molar-refractivity contribution in [2.24, 2.45) is 0 Å². The molecule has 0 heterocycles. The molecule has 0 N–H and O–H groups in total. The van der Waals surface area contributed by atoms with Crippen LogP contribution in [0, 0.1) is 0 Å². The Balaban J connectivity index is 0. The van der Waals surface area contributed by atoms with Gasteiger partial charge in [-0.2, -0.15) is 9.59 Å². The largest absolute Gasteiger partial charge is 0.373 e. The quantitative estimate of drug-likeness (QED) is 0.547. The molecular formula is C7H14O2. The van der Waals surface area contributed by atoms with Crippen LogP contribution in [0.4, 0.5) is 0 Å². The minimum atomic E-state index is 0.250. The molecule has 0 atom stereocenters. The highest BCUT2D eigenvalue weighted by molar-refractivity contribution is 5.20. The van der Waals surface area contributed by atoms with Crippen molar-refractivity contribution >= 4 is 6.15 Å². The highest BCUT2D eigenvalue weighted by atomic mass is 16.2. The van der Waals surface area contributed by atoms with Crippen molar-refractivity contribution in [3.63, 3.8) is 0 Å². The average Bonchev–Trinajstić information content (AvgIpc) is 1.86. The Labute approximate surface area is 56.3 Å². The lowest BCUT2D eigenvalue weighted by atomic mass is 10.2. The summed E-state index contributed by atoms with van der Waals surface area (Å²) in [5.41, 5.74) is 0. The van der Waals surface area contributed by atoms with E-state index < -0.39 is 0 Å². The highest BCUT2D eigenvalue weighted by Crippen LogP contribution is 1.95. The molecule has 0 unspecified atom stereocenters. The maximum Gasteiger partial charge on any atom is 0.373 e. The molecule has 0 bridgehead atoms. The summed E-state index contributed by atoms with van der Waals surface area (Å²) in [6.07, 6.45) is 5.79. The molecule has 0 rings (SSSR count). The molecule has 9 heavy (non-hydrogen) atoms. The number of rotatable bonds is 3. The molecule has 0 aliphatic carbocycles. The van der Waals surface area contributed by atoms with E-state index in [1.165, 1.54) is 25.7 Å². The molecular weight excluding hydrogens is 116 g/mol. The predicted octanol–water partition coefficient (Wildman–Crippen LogP) is 2.00. The van der Waals surface area contributed by atoms with E-state index in [1.807, 2.05) is 0 Å². The Morgan fingerprint density at radius 1 is 1.00 bits per heavy atom. The fraction of sp³-hybridized carbons (Fsp3) is 0.857. The van der Waals surface area contributed by atoms with Crippen LogP contribution in [0.2, 0.25) is 0 Å². The van der Waals surface area contributed by atoms with E-state index in [9.17, 15) is 0 Å². The average molecular weight is 130 g/mol. The second kappa shape index (κ2) is 15.7. The van der Waals surface area contributed by atoms with Crippen LogP contribution in [0.5, 0.6) is 0 Å². The van der Waals surface area contributed by atoms with Gasteiger partial charge in [-0.15, -0.1) is 0 Å². The van der Waals surface area contributed by atoms with Gasteiger partial charge in [-0.1, -0.05) is 39.5 Å². The first-order chi connectivity index (χ1) is 4.33.